The Morgan fingerprint density at radius 2 is 1.55 bits per heavy atom. The lowest BCUT2D eigenvalue weighted by Crippen LogP contribution is -2.29. The number of aromatic nitrogens is 1. The average Bonchev–Trinajstić information content (AvgIpc) is 2.67. The van der Waals surface area contributed by atoms with Gasteiger partial charge in [0.1, 0.15) is 11.5 Å². The van der Waals surface area contributed by atoms with Gasteiger partial charge < -0.3 is 13.7 Å². The van der Waals surface area contributed by atoms with Crippen molar-refractivity contribution in [3.8, 4) is 22.9 Å². The molecule has 0 fully saturated rings. The van der Waals surface area contributed by atoms with E-state index in [1.807, 2.05) is 0 Å². The van der Waals surface area contributed by atoms with Crippen LogP contribution in [0.2, 0.25) is 0 Å². The third-order valence-electron chi connectivity index (χ3n) is 4.01. The van der Waals surface area contributed by atoms with Crippen LogP contribution in [0, 0.1) is 0 Å². The van der Waals surface area contributed by atoms with Crippen LogP contribution in [0.15, 0.2) is 53.5 Å². The van der Waals surface area contributed by atoms with Crippen LogP contribution in [-0.4, -0.2) is 32.7 Å². The molecule has 0 N–H and O–H groups in total. The first kappa shape index (κ1) is 20.5. The van der Waals surface area contributed by atoms with Crippen LogP contribution in [0.4, 0.5) is 13.2 Å². The van der Waals surface area contributed by atoms with Crippen LogP contribution in [0.5, 0.6) is 17.2 Å². The van der Waals surface area contributed by atoms with E-state index in [9.17, 15) is 26.4 Å². The quantitative estimate of drug-likeness (QED) is 0.457. The van der Waals surface area contributed by atoms with Crippen molar-refractivity contribution < 1.29 is 35.2 Å². The Morgan fingerprint density at radius 1 is 0.931 bits per heavy atom. The van der Waals surface area contributed by atoms with E-state index >= 15 is 0 Å². The summed E-state index contributed by atoms with van der Waals surface area (Å²) in [6.45, 7) is 0. The second-order valence-electron chi connectivity index (χ2n) is 5.76. The van der Waals surface area contributed by atoms with E-state index in [0.29, 0.717) is 11.4 Å². The first-order valence-electron chi connectivity index (χ1n) is 7.96. The summed E-state index contributed by atoms with van der Waals surface area (Å²) in [5.74, 6) is -0.233. The first-order valence-corrected chi connectivity index (χ1v) is 9.37. The Kier molecular flexibility index (Phi) is 5.18. The smallest absolute Gasteiger partial charge is 0.497 e. The van der Waals surface area contributed by atoms with E-state index in [4.69, 9.17) is 9.47 Å². The van der Waals surface area contributed by atoms with E-state index in [1.54, 1.807) is 24.3 Å². The average molecular weight is 429 g/mol. The topological polar surface area (TPSA) is 83.8 Å². The minimum atomic E-state index is -5.99. The molecule has 154 valence electrons. The van der Waals surface area contributed by atoms with Crippen molar-refractivity contribution in [2.45, 2.75) is 5.51 Å². The van der Waals surface area contributed by atoms with Gasteiger partial charge in [0.05, 0.1) is 19.6 Å². The number of ether oxygens (including phenoxy) is 2. The summed E-state index contributed by atoms with van der Waals surface area (Å²) >= 11 is 0. The molecule has 0 saturated carbocycles. The molecule has 0 bridgehead atoms. The molecule has 0 radical (unpaired) electrons. The SMILES string of the molecule is COc1ccc(-n2ccc3cc(OC)cc(OS(=O)(=O)C(F)(F)F)c3c2=O)cc1. The summed E-state index contributed by atoms with van der Waals surface area (Å²) in [6, 6.07) is 10.0. The Morgan fingerprint density at radius 3 is 2.10 bits per heavy atom. The van der Waals surface area contributed by atoms with Gasteiger partial charge in [-0.1, -0.05) is 0 Å². The fourth-order valence-corrected chi connectivity index (χ4v) is 3.07. The fraction of sp³-hybridized carbons (Fsp3) is 0.167. The third-order valence-corrected chi connectivity index (χ3v) is 4.98. The van der Waals surface area contributed by atoms with Gasteiger partial charge in [0.2, 0.25) is 0 Å². The van der Waals surface area contributed by atoms with Gasteiger partial charge in [0, 0.05) is 18.0 Å². The van der Waals surface area contributed by atoms with Crippen LogP contribution in [0.1, 0.15) is 0 Å². The van der Waals surface area contributed by atoms with Crippen molar-refractivity contribution in [2.24, 2.45) is 0 Å². The molecule has 0 atom stereocenters. The van der Waals surface area contributed by atoms with Gasteiger partial charge in [0.15, 0.2) is 5.75 Å². The summed E-state index contributed by atoms with van der Waals surface area (Å²) in [6.07, 6.45) is 1.40. The highest BCUT2D eigenvalue weighted by atomic mass is 32.2. The second kappa shape index (κ2) is 7.32. The van der Waals surface area contributed by atoms with Crippen LogP contribution < -0.4 is 19.2 Å². The molecule has 0 saturated heterocycles. The first-order chi connectivity index (χ1) is 13.6. The predicted molar refractivity (Wildman–Crippen MR) is 98.3 cm³/mol. The number of fused-ring (bicyclic) bond motifs is 1. The van der Waals surface area contributed by atoms with Crippen molar-refractivity contribution in [1.82, 2.24) is 4.57 Å². The number of halogens is 3. The van der Waals surface area contributed by atoms with E-state index in [0.717, 1.165) is 10.6 Å². The molecule has 0 aliphatic carbocycles. The summed E-state index contributed by atoms with van der Waals surface area (Å²) in [5, 5.41) is -0.205. The molecule has 2 aromatic carbocycles. The van der Waals surface area contributed by atoms with Crippen molar-refractivity contribution in [3.05, 3.63) is 59.0 Å². The van der Waals surface area contributed by atoms with E-state index in [-0.39, 0.29) is 16.5 Å². The summed E-state index contributed by atoms with van der Waals surface area (Å²) in [5.41, 5.74) is -6.05. The Bertz CT molecular complexity index is 1220. The predicted octanol–water partition coefficient (Wildman–Crippen LogP) is 3.24. The maximum absolute atomic E-state index is 13.0. The lowest BCUT2D eigenvalue weighted by atomic mass is 10.1. The Hall–Kier alpha value is -3.21. The molecule has 0 aliphatic rings. The molecule has 3 aromatic rings. The number of pyridine rings is 1. The zero-order valence-corrected chi connectivity index (χ0v) is 15.9. The third kappa shape index (κ3) is 3.86. The van der Waals surface area contributed by atoms with Gasteiger partial charge in [0.25, 0.3) is 5.56 Å². The molecule has 1 aromatic heterocycles. The number of hydrogen-bond donors (Lipinski definition) is 0. The number of methoxy groups -OCH3 is 2. The van der Waals surface area contributed by atoms with Gasteiger partial charge >= 0.3 is 15.6 Å². The number of alkyl halides is 3. The standard InChI is InChI=1S/C18H14F3NO6S/c1-26-13-5-3-12(4-6-13)22-8-7-11-9-14(27-2)10-15(16(11)17(22)23)28-29(24,25)18(19,20)21/h3-10H,1-2H3. The Labute approximate surface area is 163 Å². The molecule has 29 heavy (non-hydrogen) atoms. The molecular formula is C18H14F3NO6S. The van der Waals surface area contributed by atoms with Gasteiger partial charge in [-0.05, 0) is 41.8 Å². The van der Waals surface area contributed by atoms with E-state index in [1.165, 1.54) is 32.5 Å². The van der Waals surface area contributed by atoms with E-state index in [2.05, 4.69) is 4.18 Å². The number of rotatable bonds is 5. The highest BCUT2D eigenvalue weighted by molar-refractivity contribution is 7.88. The lowest BCUT2D eigenvalue weighted by molar-refractivity contribution is -0.0499. The molecule has 1 heterocycles. The van der Waals surface area contributed by atoms with Crippen LogP contribution in [0.25, 0.3) is 16.5 Å². The van der Waals surface area contributed by atoms with Crippen molar-refractivity contribution in [1.29, 1.82) is 0 Å². The zero-order chi connectivity index (χ0) is 21.4. The molecule has 7 nitrogen and oxygen atoms in total. The number of nitrogens with zero attached hydrogens (tertiary/aromatic N) is 1. The summed E-state index contributed by atoms with van der Waals surface area (Å²) in [7, 11) is -3.29. The van der Waals surface area contributed by atoms with Crippen molar-refractivity contribution in [2.75, 3.05) is 14.2 Å². The summed E-state index contributed by atoms with van der Waals surface area (Å²) < 4.78 is 76.7. The van der Waals surface area contributed by atoms with Gasteiger partial charge in [-0.3, -0.25) is 9.36 Å². The molecule has 0 amide bonds. The van der Waals surface area contributed by atoms with E-state index < -0.39 is 26.9 Å². The van der Waals surface area contributed by atoms with Crippen LogP contribution in [0.3, 0.4) is 0 Å². The maximum atomic E-state index is 13.0. The maximum Gasteiger partial charge on any atom is 0.534 e. The molecule has 3 rings (SSSR count). The normalized spacial score (nSPS) is 12.0. The van der Waals surface area contributed by atoms with Crippen LogP contribution >= 0.6 is 0 Å². The molecule has 0 spiro atoms. The lowest BCUT2D eigenvalue weighted by Gasteiger charge is -2.14. The monoisotopic (exact) mass is 429 g/mol. The highest BCUT2D eigenvalue weighted by Gasteiger charge is 2.49. The van der Waals surface area contributed by atoms with Gasteiger partial charge in [-0.25, -0.2) is 0 Å². The highest BCUT2D eigenvalue weighted by Crippen LogP contribution is 2.34. The van der Waals surface area contributed by atoms with Crippen LogP contribution in [-0.2, 0) is 10.1 Å². The Balaban J connectivity index is 2.25. The molecular weight excluding hydrogens is 415 g/mol. The van der Waals surface area contributed by atoms with Gasteiger partial charge in [-0.15, -0.1) is 0 Å². The minimum absolute atomic E-state index is 0.0199. The van der Waals surface area contributed by atoms with Gasteiger partial charge in [-0.2, -0.15) is 21.6 Å². The second-order valence-corrected chi connectivity index (χ2v) is 7.30. The van der Waals surface area contributed by atoms with Crippen molar-refractivity contribution in [3.63, 3.8) is 0 Å². The summed E-state index contributed by atoms with van der Waals surface area (Å²) in [4.78, 5) is 13.0. The largest absolute Gasteiger partial charge is 0.534 e. The molecule has 0 unspecified atom stereocenters. The number of benzene rings is 2. The zero-order valence-electron chi connectivity index (χ0n) is 15.1. The fourth-order valence-electron chi connectivity index (χ4n) is 2.61. The molecule has 11 heteroatoms. The minimum Gasteiger partial charge on any atom is -0.497 e. The molecule has 0 aliphatic heterocycles. The number of hydrogen-bond acceptors (Lipinski definition) is 6. The van der Waals surface area contributed by atoms with Crippen molar-refractivity contribution >= 4 is 20.9 Å².